The van der Waals surface area contributed by atoms with Crippen LogP contribution in [0.5, 0.6) is 5.75 Å². The van der Waals surface area contributed by atoms with E-state index >= 15 is 0 Å². The Balaban J connectivity index is 1.98. The van der Waals surface area contributed by atoms with Gasteiger partial charge in [0.1, 0.15) is 5.75 Å². The van der Waals surface area contributed by atoms with Crippen molar-refractivity contribution in [3.8, 4) is 5.75 Å². The van der Waals surface area contributed by atoms with Crippen LogP contribution in [0.4, 0.5) is 5.69 Å². The van der Waals surface area contributed by atoms with E-state index in [-0.39, 0.29) is 5.91 Å². The maximum atomic E-state index is 12.0. The molecule has 0 aromatic heterocycles. The van der Waals surface area contributed by atoms with Crippen molar-refractivity contribution >= 4 is 33.6 Å². The summed E-state index contributed by atoms with van der Waals surface area (Å²) < 4.78 is 6.73. The molecule has 0 bridgehead atoms. The van der Waals surface area contributed by atoms with Gasteiger partial charge < -0.3 is 10.1 Å². The number of carbonyl (C=O) groups is 1. The molecule has 0 saturated carbocycles. The van der Waals surface area contributed by atoms with Gasteiger partial charge in [-0.3, -0.25) is 4.79 Å². The van der Waals surface area contributed by atoms with Crippen molar-refractivity contribution in [3.63, 3.8) is 0 Å². The van der Waals surface area contributed by atoms with Crippen LogP contribution in [0.15, 0.2) is 59.1 Å². The molecular formula is C19H20BrNO2. The van der Waals surface area contributed by atoms with Gasteiger partial charge in [-0.05, 0) is 42.8 Å². The highest BCUT2D eigenvalue weighted by molar-refractivity contribution is 9.10. The monoisotopic (exact) mass is 373 g/mol. The molecule has 1 amide bonds. The van der Waals surface area contributed by atoms with Crippen molar-refractivity contribution in [1.82, 2.24) is 0 Å². The lowest BCUT2D eigenvalue weighted by atomic mass is 10.2. The lowest BCUT2D eigenvalue weighted by Crippen LogP contribution is -2.07. The lowest BCUT2D eigenvalue weighted by Gasteiger charge is -2.08. The van der Waals surface area contributed by atoms with Crippen LogP contribution in [0.3, 0.4) is 0 Å². The van der Waals surface area contributed by atoms with E-state index in [0.29, 0.717) is 6.61 Å². The minimum absolute atomic E-state index is 0.171. The van der Waals surface area contributed by atoms with Gasteiger partial charge >= 0.3 is 0 Å². The van der Waals surface area contributed by atoms with Gasteiger partial charge in [-0.2, -0.15) is 0 Å². The Bertz CT molecular complexity index is 665. The fourth-order valence-electron chi connectivity index (χ4n) is 1.96. The second-order valence-electron chi connectivity index (χ2n) is 5.07. The molecule has 0 unspecified atom stereocenters. The van der Waals surface area contributed by atoms with Gasteiger partial charge in [0.25, 0.3) is 0 Å². The zero-order valence-corrected chi connectivity index (χ0v) is 14.7. The predicted octanol–water partition coefficient (Wildman–Crippen LogP) is 5.28. The van der Waals surface area contributed by atoms with E-state index < -0.39 is 0 Å². The minimum atomic E-state index is -0.171. The van der Waals surface area contributed by atoms with Gasteiger partial charge in [-0.15, -0.1) is 0 Å². The molecule has 120 valence electrons. The van der Waals surface area contributed by atoms with Gasteiger partial charge in [0.15, 0.2) is 0 Å². The first kappa shape index (κ1) is 17.3. The molecule has 0 heterocycles. The number of halogens is 1. The molecule has 0 atom stereocenters. The molecule has 23 heavy (non-hydrogen) atoms. The lowest BCUT2D eigenvalue weighted by molar-refractivity contribution is -0.111. The zero-order valence-electron chi connectivity index (χ0n) is 13.1. The highest BCUT2D eigenvalue weighted by Gasteiger charge is 2.01. The number of amides is 1. The summed E-state index contributed by atoms with van der Waals surface area (Å²) in [5, 5.41) is 2.82. The highest BCUT2D eigenvalue weighted by Crippen LogP contribution is 2.20. The predicted molar refractivity (Wildman–Crippen MR) is 98.7 cm³/mol. The number of ether oxygens (including phenoxy) is 1. The van der Waals surface area contributed by atoms with E-state index in [4.69, 9.17) is 4.74 Å². The van der Waals surface area contributed by atoms with Crippen molar-refractivity contribution in [2.45, 2.75) is 19.8 Å². The normalized spacial score (nSPS) is 10.7. The second kappa shape index (κ2) is 9.16. The van der Waals surface area contributed by atoms with Crippen LogP contribution < -0.4 is 10.1 Å². The van der Waals surface area contributed by atoms with Gasteiger partial charge in [-0.25, -0.2) is 0 Å². The van der Waals surface area contributed by atoms with Crippen LogP contribution in [-0.4, -0.2) is 12.5 Å². The van der Waals surface area contributed by atoms with Crippen LogP contribution in [0.25, 0.3) is 6.08 Å². The smallest absolute Gasteiger partial charge is 0.248 e. The third kappa shape index (κ3) is 5.91. The van der Waals surface area contributed by atoms with Crippen molar-refractivity contribution < 1.29 is 9.53 Å². The molecule has 0 fully saturated rings. The third-order valence-corrected chi connectivity index (χ3v) is 3.73. The maximum Gasteiger partial charge on any atom is 0.248 e. The molecule has 2 aromatic rings. The number of nitrogens with one attached hydrogen (secondary N) is 1. The van der Waals surface area contributed by atoms with Crippen LogP contribution in [0.2, 0.25) is 0 Å². The third-order valence-electron chi connectivity index (χ3n) is 3.20. The molecule has 4 heteroatoms. The van der Waals surface area contributed by atoms with E-state index in [9.17, 15) is 4.79 Å². The standard InChI is InChI=1S/C19H20BrNO2/c1-2-3-14-23-18-7-5-4-6-15(18)8-13-19(22)21-17-11-9-16(20)10-12-17/h4-13H,2-3,14H2,1H3,(H,21,22)/b13-8+. The van der Waals surface area contributed by atoms with Crippen molar-refractivity contribution in [1.29, 1.82) is 0 Å². The van der Waals surface area contributed by atoms with Crippen LogP contribution in [0, 0.1) is 0 Å². The molecule has 0 aliphatic carbocycles. The van der Waals surface area contributed by atoms with E-state index in [1.165, 1.54) is 6.08 Å². The Morgan fingerprint density at radius 2 is 1.91 bits per heavy atom. The molecule has 2 aromatic carbocycles. The Hall–Kier alpha value is -2.07. The van der Waals surface area contributed by atoms with E-state index in [2.05, 4.69) is 28.2 Å². The zero-order chi connectivity index (χ0) is 16.5. The van der Waals surface area contributed by atoms with Gasteiger partial charge in [-0.1, -0.05) is 47.5 Å². The van der Waals surface area contributed by atoms with Crippen LogP contribution in [-0.2, 0) is 4.79 Å². The topological polar surface area (TPSA) is 38.3 Å². The molecule has 0 spiro atoms. The summed E-state index contributed by atoms with van der Waals surface area (Å²) in [4.78, 5) is 12.0. The molecule has 0 aliphatic heterocycles. The first-order valence-electron chi connectivity index (χ1n) is 7.65. The number of benzene rings is 2. The molecule has 3 nitrogen and oxygen atoms in total. The average Bonchev–Trinajstić information content (AvgIpc) is 2.56. The maximum absolute atomic E-state index is 12.0. The second-order valence-corrected chi connectivity index (χ2v) is 5.98. The Kier molecular flexibility index (Phi) is 6.88. The number of anilines is 1. The van der Waals surface area contributed by atoms with Crippen LogP contribution in [0.1, 0.15) is 25.3 Å². The van der Waals surface area contributed by atoms with Gasteiger partial charge in [0.05, 0.1) is 6.61 Å². The fraction of sp³-hybridized carbons (Fsp3) is 0.211. The molecule has 1 N–H and O–H groups in total. The molecule has 0 radical (unpaired) electrons. The van der Waals surface area contributed by atoms with Crippen LogP contribution >= 0.6 is 15.9 Å². The van der Waals surface area contributed by atoms with Gasteiger partial charge in [0.2, 0.25) is 5.91 Å². The molecule has 2 rings (SSSR count). The summed E-state index contributed by atoms with van der Waals surface area (Å²) in [6.45, 7) is 2.81. The van der Waals surface area contributed by atoms with Crippen molar-refractivity contribution in [2.24, 2.45) is 0 Å². The molecule has 0 aliphatic rings. The Labute approximate surface area is 145 Å². The molecular weight excluding hydrogens is 354 g/mol. The number of hydrogen-bond donors (Lipinski definition) is 1. The van der Waals surface area contributed by atoms with Crippen molar-refractivity contribution in [2.75, 3.05) is 11.9 Å². The largest absolute Gasteiger partial charge is 0.493 e. The van der Waals surface area contributed by atoms with E-state index in [1.807, 2.05) is 48.5 Å². The summed E-state index contributed by atoms with van der Waals surface area (Å²) in [6.07, 6.45) is 5.40. The Morgan fingerprint density at radius 3 is 2.65 bits per heavy atom. The number of hydrogen-bond acceptors (Lipinski definition) is 2. The van der Waals surface area contributed by atoms with E-state index in [1.54, 1.807) is 6.08 Å². The average molecular weight is 374 g/mol. The van der Waals surface area contributed by atoms with E-state index in [0.717, 1.165) is 34.3 Å². The number of para-hydroxylation sites is 1. The fourth-order valence-corrected chi connectivity index (χ4v) is 2.22. The van der Waals surface area contributed by atoms with Crippen molar-refractivity contribution in [3.05, 3.63) is 64.6 Å². The summed E-state index contributed by atoms with van der Waals surface area (Å²) in [6, 6.07) is 15.2. The number of unbranched alkanes of at least 4 members (excludes halogenated alkanes) is 1. The number of rotatable bonds is 7. The number of carbonyl (C=O) groups excluding carboxylic acids is 1. The quantitative estimate of drug-likeness (QED) is 0.529. The highest BCUT2D eigenvalue weighted by atomic mass is 79.9. The van der Waals surface area contributed by atoms with Gasteiger partial charge in [0, 0.05) is 21.8 Å². The molecule has 0 saturated heterocycles. The first-order chi connectivity index (χ1) is 11.2. The summed E-state index contributed by atoms with van der Waals surface area (Å²) >= 11 is 3.37. The summed E-state index contributed by atoms with van der Waals surface area (Å²) in [5.41, 5.74) is 1.66. The Morgan fingerprint density at radius 1 is 1.17 bits per heavy atom. The minimum Gasteiger partial charge on any atom is -0.493 e. The SMILES string of the molecule is CCCCOc1ccccc1/C=C/C(=O)Nc1ccc(Br)cc1. The first-order valence-corrected chi connectivity index (χ1v) is 8.45. The summed E-state index contributed by atoms with van der Waals surface area (Å²) in [5.74, 6) is 0.629. The summed E-state index contributed by atoms with van der Waals surface area (Å²) in [7, 11) is 0.